The van der Waals surface area contributed by atoms with Gasteiger partial charge < -0.3 is 0 Å². The maximum absolute atomic E-state index is 13.4. The third kappa shape index (κ3) is 8.91. The van der Waals surface area contributed by atoms with E-state index in [1.54, 1.807) is 12.1 Å². The number of hydrogen-bond acceptors (Lipinski definition) is 2. The number of benzene rings is 4. The van der Waals surface area contributed by atoms with Crippen LogP contribution >= 0.6 is 11.6 Å². The molecule has 0 saturated heterocycles. The summed E-state index contributed by atoms with van der Waals surface area (Å²) in [5.74, 6) is -3.25. The summed E-state index contributed by atoms with van der Waals surface area (Å²) in [6.45, 7) is 0.103. The minimum atomic E-state index is -0.674. The zero-order valence-corrected chi connectivity index (χ0v) is 19.9. The summed E-state index contributed by atoms with van der Waals surface area (Å²) >= 11 is 5.92. The van der Waals surface area contributed by atoms with E-state index in [4.69, 9.17) is 11.6 Å². The Bertz CT molecular complexity index is 1390. The van der Waals surface area contributed by atoms with Gasteiger partial charge in [0.1, 0.15) is 40.1 Å². The molecule has 0 fully saturated rings. The average molecular weight is 533 g/mol. The largest absolute Gasteiger partial charge is 0.288 e. The first-order chi connectivity index (χ1) is 17.7. The van der Waals surface area contributed by atoms with Crippen molar-refractivity contribution in [2.45, 2.75) is 13.1 Å². The molecule has 4 aromatic rings. The summed E-state index contributed by atoms with van der Waals surface area (Å²) in [5, 5.41) is 0.142. The number of nitrogens with zero attached hydrogens (tertiary/aromatic N) is 2. The molecule has 4 rings (SSSR count). The van der Waals surface area contributed by atoms with E-state index in [1.165, 1.54) is 60.8 Å². The van der Waals surface area contributed by atoms with Gasteiger partial charge in [-0.05, 0) is 54.1 Å². The second kappa shape index (κ2) is 13.4. The van der Waals surface area contributed by atoms with Crippen LogP contribution in [0.2, 0.25) is 0 Å². The molecular weight excluding hydrogens is 514 g/mol. The van der Waals surface area contributed by atoms with Gasteiger partial charge in [-0.25, -0.2) is 26.3 Å². The quantitative estimate of drug-likeness (QED) is 0.177. The second-order valence-corrected chi connectivity index (χ2v) is 7.96. The van der Waals surface area contributed by atoms with Gasteiger partial charge in [0.2, 0.25) is 0 Å². The first-order valence-electron chi connectivity index (χ1n) is 10.8. The highest BCUT2D eigenvalue weighted by Crippen LogP contribution is 2.14. The third-order valence-corrected chi connectivity index (χ3v) is 5.21. The number of halogens is 7. The zero-order chi connectivity index (χ0) is 26.8. The molecule has 0 radical (unpaired) electrons. The van der Waals surface area contributed by atoms with Crippen LogP contribution in [0.4, 0.5) is 26.3 Å². The van der Waals surface area contributed by atoms with Crippen molar-refractivity contribution in [2.75, 3.05) is 0 Å². The molecule has 37 heavy (non-hydrogen) atoms. The number of rotatable bonds is 6. The molecule has 0 aromatic heterocycles. The molecule has 0 bridgehead atoms. The van der Waals surface area contributed by atoms with Gasteiger partial charge in [0.25, 0.3) is 0 Å². The molecule has 9 heteroatoms. The van der Waals surface area contributed by atoms with Crippen molar-refractivity contribution >= 4 is 23.0 Å². The lowest BCUT2D eigenvalue weighted by molar-refractivity contribution is 0.572. The summed E-state index contributed by atoms with van der Waals surface area (Å²) in [7, 11) is 0. The van der Waals surface area contributed by atoms with Gasteiger partial charge in [0.15, 0.2) is 0 Å². The van der Waals surface area contributed by atoms with Crippen LogP contribution in [0, 0.1) is 34.9 Å². The SMILES string of the molecule is Fc1ccc(C(Cl)=NCc2ccc(F)cc2F)cc1.Fc1ccc(C=NCc2ccc(F)cc2F)cc1. The Morgan fingerprint density at radius 1 is 0.595 bits per heavy atom. The molecule has 0 aliphatic rings. The molecule has 0 spiro atoms. The van der Waals surface area contributed by atoms with Gasteiger partial charge in [0, 0.05) is 35.0 Å². The Hall–Kier alpha value is -3.91. The van der Waals surface area contributed by atoms with Crippen molar-refractivity contribution in [3.63, 3.8) is 0 Å². The van der Waals surface area contributed by atoms with Crippen LogP contribution in [-0.2, 0) is 13.1 Å². The van der Waals surface area contributed by atoms with Crippen molar-refractivity contribution in [1.82, 2.24) is 0 Å². The van der Waals surface area contributed by atoms with Crippen LogP contribution in [0.5, 0.6) is 0 Å². The normalized spacial score (nSPS) is 11.4. The van der Waals surface area contributed by atoms with Crippen molar-refractivity contribution in [1.29, 1.82) is 0 Å². The van der Waals surface area contributed by atoms with Crippen LogP contribution in [0.25, 0.3) is 0 Å². The molecule has 0 amide bonds. The molecule has 0 N–H and O–H groups in total. The molecule has 0 unspecified atom stereocenters. The molecule has 2 nitrogen and oxygen atoms in total. The van der Waals surface area contributed by atoms with Crippen molar-refractivity contribution in [2.24, 2.45) is 9.98 Å². The van der Waals surface area contributed by atoms with Gasteiger partial charge in [-0.3, -0.25) is 9.98 Å². The summed E-state index contributed by atoms with van der Waals surface area (Å²) in [6, 6.07) is 17.8. The topological polar surface area (TPSA) is 24.7 Å². The first kappa shape index (κ1) is 27.7. The van der Waals surface area contributed by atoms with Crippen LogP contribution in [-0.4, -0.2) is 11.4 Å². The van der Waals surface area contributed by atoms with E-state index in [9.17, 15) is 26.3 Å². The van der Waals surface area contributed by atoms with Gasteiger partial charge >= 0.3 is 0 Å². The van der Waals surface area contributed by atoms with Crippen molar-refractivity contribution < 1.29 is 26.3 Å². The zero-order valence-electron chi connectivity index (χ0n) is 19.1. The summed E-state index contributed by atoms with van der Waals surface area (Å²) in [5.41, 5.74) is 1.81. The molecule has 0 aliphatic carbocycles. The first-order valence-corrected chi connectivity index (χ1v) is 11.2. The average Bonchev–Trinajstić information content (AvgIpc) is 2.87. The minimum Gasteiger partial charge on any atom is -0.288 e. The number of aliphatic imine (C=N–C) groups is 2. The Kier molecular flexibility index (Phi) is 10.0. The van der Waals surface area contributed by atoms with Crippen LogP contribution < -0.4 is 0 Å². The maximum Gasteiger partial charge on any atom is 0.131 e. The molecule has 0 heterocycles. The minimum absolute atomic E-state index is 0.0116. The standard InChI is InChI=1S/C14H9ClF3N.C14H10F3N/c15-14(9-1-4-11(16)5-2-9)19-8-10-3-6-12(17)7-13(10)18;15-12-4-1-10(2-5-12)8-18-9-11-3-6-13(16)7-14(11)17/h1-7H,8H2;1-8H,9H2. The summed E-state index contributed by atoms with van der Waals surface area (Å²) in [4.78, 5) is 8.00. The Morgan fingerprint density at radius 2 is 1.05 bits per heavy atom. The lowest BCUT2D eigenvalue weighted by Crippen LogP contribution is -1.95. The van der Waals surface area contributed by atoms with Gasteiger partial charge in [-0.15, -0.1) is 0 Å². The van der Waals surface area contributed by atoms with Crippen LogP contribution in [0.1, 0.15) is 22.3 Å². The van der Waals surface area contributed by atoms with Crippen molar-refractivity contribution in [3.05, 3.63) is 142 Å². The Balaban J connectivity index is 0.000000206. The van der Waals surface area contributed by atoms with E-state index in [2.05, 4.69) is 9.98 Å². The predicted molar refractivity (Wildman–Crippen MR) is 133 cm³/mol. The lowest BCUT2D eigenvalue weighted by Gasteiger charge is -2.01. The van der Waals surface area contributed by atoms with E-state index in [1.807, 2.05) is 0 Å². The molecule has 190 valence electrons. The highest BCUT2D eigenvalue weighted by atomic mass is 35.5. The fourth-order valence-electron chi connectivity index (χ4n) is 2.93. The predicted octanol–water partition coefficient (Wildman–Crippen LogP) is 8.01. The molecule has 0 saturated carbocycles. The van der Waals surface area contributed by atoms with Crippen molar-refractivity contribution in [3.8, 4) is 0 Å². The Morgan fingerprint density at radius 3 is 1.57 bits per heavy atom. The summed E-state index contributed by atoms with van der Waals surface area (Å²) < 4.78 is 77.3. The number of hydrogen-bond donors (Lipinski definition) is 0. The second-order valence-electron chi connectivity index (χ2n) is 7.61. The molecule has 0 atom stereocenters. The molecule has 0 aliphatic heterocycles. The van der Waals surface area contributed by atoms with E-state index in [0.29, 0.717) is 11.1 Å². The highest BCUT2D eigenvalue weighted by Gasteiger charge is 2.05. The van der Waals surface area contributed by atoms with Gasteiger partial charge in [-0.1, -0.05) is 35.9 Å². The van der Waals surface area contributed by atoms with Gasteiger partial charge in [0.05, 0.1) is 13.1 Å². The van der Waals surface area contributed by atoms with Gasteiger partial charge in [-0.2, -0.15) is 0 Å². The molecule has 4 aromatic carbocycles. The van der Waals surface area contributed by atoms with Crippen LogP contribution in [0.15, 0.2) is 94.9 Å². The fourth-order valence-corrected chi connectivity index (χ4v) is 3.12. The monoisotopic (exact) mass is 532 g/mol. The molecular formula is C28H19ClF6N2. The van der Waals surface area contributed by atoms with Crippen LogP contribution in [0.3, 0.4) is 0 Å². The fraction of sp³-hybridized carbons (Fsp3) is 0.0714. The lowest BCUT2D eigenvalue weighted by atomic mass is 10.2. The van der Waals surface area contributed by atoms with E-state index < -0.39 is 23.3 Å². The van der Waals surface area contributed by atoms with E-state index in [0.717, 1.165) is 23.8 Å². The maximum atomic E-state index is 13.4. The highest BCUT2D eigenvalue weighted by molar-refractivity contribution is 6.69. The third-order valence-electron chi connectivity index (χ3n) is 4.87. The summed E-state index contributed by atoms with van der Waals surface area (Å²) in [6.07, 6.45) is 1.52. The Labute approximate surface area is 214 Å². The van der Waals surface area contributed by atoms with E-state index >= 15 is 0 Å². The van der Waals surface area contributed by atoms with E-state index in [-0.39, 0.29) is 35.5 Å². The smallest absolute Gasteiger partial charge is 0.131 e.